The van der Waals surface area contributed by atoms with Crippen LogP contribution in [-0.4, -0.2) is 26.3 Å². The summed E-state index contributed by atoms with van der Waals surface area (Å²) < 4.78 is 6.59. The first-order chi connectivity index (χ1) is 11.3. The molecule has 4 rings (SSSR count). The standard InChI is InChI=1S/C18H16BrNOS2/c19-15-12-17(16-2-1-11-22-16)23-18(15)13-3-5-14(6-4-13)20-7-9-21-10-8-20/h1-6,11-12H,7-10H2. The van der Waals surface area contributed by atoms with Crippen LogP contribution in [0.3, 0.4) is 0 Å². The number of rotatable bonds is 3. The van der Waals surface area contributed by atoms with E-state index >= 15 is 0 Å². The van der Waals surface area contributed by atoms with Crippen LogP contribution in [0.5, 0.6) is 0 Å². The van der Waals surface area contributed by atoms with E-state index in [-0.39, 0.29) is 0 Å². The summed E-state index contributed by atoms with van der Waals surface area (Å²) in [6.07, 6.45) is 0. The van der Waals surface area contributed by atoms with Crippen LogP contribution in [-0.2, 0) is 4.74 Å². The van der Waals surface area contributed by atoms with Gasteiger partial charge >= 0.3 is 0 Å². The third-order valence-corrected chi connectivity index (χ3v) is 7.09. The molecule has 5 heteroatoms. The van der Waals surface area contributed by atoms with E-state index in [2.05, 4.69) is 68.7 Å². The molecule has 1 aromatic carbocycles. The van der Waals surface area contributed by atoms with E-state index in [4.69, 9.17) is 4.74 Å². The van der Waals surface area contributed by atoms with Gasteiger partial charge in [-0.3, -0.25) is 0 Å². The monoisotopic (exact) mass is 405 g/mol. The van der Waals surface area contributed by atoms with Crippen LogP contribution in [0, 0.1) is 0 Å². The van der Waals surface area contributed by atoms with Gasteiger partial charge in [0.25, 0.3) is 0 Å². The molecule has 0 atom stereocenters. The van der Waals surface area contributed by atoms with E-state index in [9.17, 15) is 0 Å². The lowest BCUT2D eigenvalue weighted by Crippen LogP contribution is -2.36. The molecule has 2 aromatic heterocycles. The highest BCUT2D eigenvalue weighted by atomic mass is 79.9. The van der Waals surface area contributed by atoms with Crippen molar-refractivity contribution in [2.24, 2.45) is 0 Å². The highest BCUT2D eigenvalue weighted by molar-refractivity contribution is 9.10. The first-order valence-electron chi connectivity index (χ1n) is 7.57. The van der Waals surface area contributed by atoms with E-state index in [0.717, 1.165) is 26.3 Å². The Bertz CT molecular complexity index is 774. The number of ether oxygens (including phenoxy) is 1. The number of nitrogens with zero attached hydrogens (tertiary/aromatic N) is 1. The molecular formula is C18H16BrNOS2. The Morgan fingerprint density at radius 2 is 1.78 bits per heavy atom. The first kappa shape index (κ1) is 15.4. The number of hydrogen-bond acceptors (Lipinski definition) is 4. The minimum absolute atomic E-state index is 0.822. The van der Waals surface area contributed by atoms with Crippen molar-refractivity contribution < 1.29 is 4.74 Å². The maximum Gasteiger partial charge on any atom is 0.0642 e. The summed E-state index contributed by atoms with van der Waals surface area (Å²) in [5.74, 6) is 0. The van der Waals surface area contributed by atoms with Crippen molar-refractivity contribution in [3.8, 4) is 20.2 Å². The number of halogens is 1. The van der Waals surface area contributed by atoms with Crippen molar-refractivity contribution in [2.75, 3.05) is 31.2 Å². The quantitative estimate of drug-likeness (QED) is 0.550. The van der Waals surface area contributed by atoms with E-state index in [0.29, 0.717) is 0 Å². The lowest BCUT2D eigenvalue weighted by Gasteiger charge is -2.28. The summed E-state index contributed by atoms with van der Waals surface area (Å²) in [6, 6.07) is 15.4. The van der Waals surface area contributed by atoms with Gasteiger partial charge in [-0.25, -0.2) is 0 Å². The molecule has 0 N–H and O–H groups in total. The van der Waals surface area contributed by atoms with Crippen molar-refractivity contribution in [2.45, 2.75) is 0 Å². The molecule has 2 nitrogen and oxygen atoms in total. The van der Waals surface area contributed by atoms with Crippen molar-refractivity contribution in [1.82, 2.24) is 0 Å². The zero-order chi connectivity index (χ0) is 15.6. The number of morpholine rings is 1. The lowest BCUT2D eigenvalue weighted by molar-refractivity contribution is 0.122. The zero-order valence-electron chi connectivity index (χ0n) is 12.5. The average molecular weight is 406 g/mol. The Morgan fingerprint density at radius 1 is 1.00 bits per heavy atom. The number of hydrogen-bond donors (Lipinski definition) is 0. The summed E-state index contributed by atoms with van der Waals surface area (Å²) in [7, 11) is 0. The number of benzene rings is 1. The van der Waals surface area contributed by atoms with Crippen LogP contribution in [0.2, 0.25) is 0 Å². The topological polar surface area (TPSA) is 12.5 Å². The molecule has 3 heterocycles. The normalized spacial score (nSPS) is 15.1. The summed E-state index contributed by atoms with van der Waals surface area (Å²) in [5, 5.41) is 2.12. The number of anilines is 1. The molecule has 0 spiro atoms. The zero-order valence-corrected chi connectivity index (χ0v) is 15.7. The van der Waals surface area contributed by atoms with Crippen molar-refractivity contribution in [3.63, 3.8) is 0 Å². The predicted octanol–water partition coefficient (Wildman–Crippen LogP) is 5.74. The Morgan fingerprint density at radius 3 is 2.48 bits per heavy atom. The van der Waals surface area contributed by atoms with Gasteiger partial charge in [0, 0.05) is 37.9 Å². The van der Waals surface area contributed by atoms with Crippen LogP contribution < -0.4 is 4.90 Å². The van der Waals surface area contributed by atoms with Crippen LogP contribution in [0.15, 0.2) is 52.3 Å². The molecule has 0 saturated carbocycles. The first-order valence-corrected chi connectivity index (χ1v) is 10.1. The van der Waals surface area contributed by atoms with Gasteiger partial charge in [0.1, 0.15) is 0 Å². The van der Waals surface area contributed by atoms with Crippen LogP contribution >= 0.6 is 38.6 Å². The minimum Gasteiger partial charge on any atom is -0.378 e. The largest absolute Gasteiger partial charge is 0.378 e. The third kappa shape index (κ3) is 3.24. The molecule has 0 bridgehead atoms. The summed E-state index contributed by atoms with van der Waals surface area (Å²) >= 11 is 7.35. The highest BCUT2D eigenvalue weighted by Crippen LogP contribution is 2.42. The maximum atomic E-state index is 5.42. The second-order valence-corrected chi connectivity index (χ2v) is 8.27. The molecule has 0 amide bonds. The van der Waals surface area contributed by atoms with E-state index in [1.165, 1.54) is 30.4 Å². The minimum atomic E-state index is 0.822. The van der Waals surface area contributed by atoms with E-state index in [1.807, 2.05) is 11.3 Å². The van der Waals surface area contributed by atoms with Gasteiger partial charge in [-0.05, 0) is 51.1 Å². The van der Waals surface area contributed by atoms with Gasteiger partial charge in [-0.2, -0.15) is 0 Å². The Balaban J connectivity index is 1.60. The SMILES string of the molecule is Brc1cc(-c2cccs2)sc1-c1ccc(N2CCOCC2)cc1. The average Bonchev–Trinajstić information content (AvgIpc) is 3.25. The van der Waals surface area contributed by atoms with Gasteiger partial charge in [-0.15, -0.1) is 22.7 Å². The maximum absolute atomic E-state index is 5.42. The highest BCUT2D eigenvalue weighted by Gasteiger charge is 2.14. The molecular weight excluding hydrogens is 390 g/mol. The molecule has 1 fully saturated rings. The smallest absolute Gasteiger partial charge is 0.0642 e. The summed E-state index contributed by atoms with van der Waals surface area (Å²) in [6.45, 7) is 3.60. The fourth-order valence-corrected chi connectivity index (χ4v) is 5.48. The molecule has 1 aliphatic rings. The summed E-state index contributed by atoms with van der Waals surface area (Å²) in [4.78, 5) is 6.32. The van der Waals surface area contributed by atoms with E-state index in [1.54, 1.807) is 11.3 Å². The Kier molecular flexibility index (Phi) is 4.53. The van der Waals surface area contributed by atoms with Crippen molar-refractivity contribution >= 4 is 44.3 Å². The van der Waals surface area contributed by atoms with Gasteiger partial charge < -0.3 is 9.64 Å². The fourth-order valence-electron chi connectivity index (χ4n) is 2.75. The fraction of sp³-hybridized carbons (Fsp3) is 0.222. The third-order valence-electron chi connectivity index (χ3n) is 3.96. The van der Waals surface area contributed by atoms with Crippen LogP contribution in [0.4, 0.5) is 5.69 Å². The second-order valence-electron chi connectivity index (χ2n) is 5.41. The molecule has 1 saturated heterocycles. The van der Waals surface area contributed by atoms with Crippen molar-refractivity contribution in [1.29, 1.82) is 0 Å². The number of thiophene rings is 2. The lowest BCUT2D eigenvalue weighted by atomic mass is 10.1. The second kappa shape index (κ2) is 6.77. The molecule has 0 radical (unpaired) electrons. The van der Waals surface area contributed by atoms with Gasteiger partial charge in [-0.1, -0.05) is 18.2 Å². The Hall–Kier alpha value is -1.14. The predicted molar refractivity (Wildman–Crippen MR) is 104 cm³/mol. The summed E-state index contributed by atoms with van der Waals surface area (Å²) in [5.41, 5.74) is 2.55. The van der Waals surface area contributed by atoms with Crippen LogP contribution in [0.25, 0.3) is 20.2 Å². The van der Waals surface area contributed by atoms with Gasteiger partial charge in [0.2, 0.25) is 0 Å². The Labute approximate surface area is 152 Å². The molecule has 23 heavy (non-hydrogen) atoms. The molecule has 1 aliphatic heterocycles. The molecule has 0 aliphatic carbocycles. The molecule has 118 valence electrons. The van der Waals surface area contributed by atoms with Gasteiger partial charge in [0.15, 0.2) is 0 Å². The van der Waals surface area contributed by atoms with E-state index < -0.39 is 0 Å². The molecule has 0 unspecified atom stereocenters. The molecule has 3 aromatic rings. The van der Waals surface area contributed by atoms with Crippen molar-refractivity contribution in [3.05, 3.63) is 52.3 Å². The van der Waals surface area contributed by atoms with Crippen LogP contribution in [0.1, 0.15) is 0 Å². The van der Waals surface area contributed by atoms with Gasteiger partial charge in [0.05, 0.1) is 13.2 Å².